The van der Waals surface area contributed by atoms with Gasteiger partial charge in [0.15, 0.2) is 0 Å². The number of ether oxygens (including phenoxy) is 1. The zero-order chi connectivity index (χ0) is 11.3. The minimum atomic E-state index is -0.426. The molecule has 1 rings (SSSR count). The van der Waals surface area contributed by atoms with Crippen LogP contribution < -0.4 is 11.1 Å². The molecule has 15 heavy (non-hydrogen) atoms. The van der Waals surface area contributed by atoms with Gasteiger partial charge < -0.3 is 15.8 Å². The van der Waals surface area contributed by atoms with Crippen molar-refractivity contribution in [1.29, 1.82) is 0 Å². The summed E-state index contributed by atoms with van der Waals surface area (Å²) < 4.78 is 4.52. The Labute approximate surface area is 89.4 Å². The average Bonchev–Trinajstić information content (AvgIpc) is 2.29. The summed E-state index contributed by atoms with van der Waals surface area (Å²) in [6, 6.07) is 7.73. The van der Waals surface area contributed by atoms with Gasteiger partial charge in [0.2, 0.25) is 0 Å². The lowest BCUT2D eigenvalue weighted by Crippen LogP contribution is -2.26. The highest BCUT2D eigenvalue weighted by Crippen LogP contribution is 2.13. The third kappa shape index (κ3) is 3.25. The molecule has 0 saturated carbocycles. The molecule has 1 atom stereocenters. The summed E-state index contributed by atoms with van der Waals surface area (Å²) in [4.78, 5) is 11.0. The molecule has 0 aliphatic heterocycles. The number of nitrogens with two attached hydrogens (primary N) is 1. The predicted molar refractivity (Wildman–Crippen MR) is 58.3 cm³/mol. The van der Waals surface area contributed by atoms with E-state index in [4.69, 9.17) is 5.73 Å². The largest absolute Gasteiger partial charge is 0.453 e. The van der Waals surface area contributed by atoms with Gasteiger partial charge in [-0.3, -0.25) is 0 Å². The standard InChI is InChI=1S/C11H16N2O2/c1-8(13-11(14)15-2)10-5-3-9(7-12)4-6-10/h3-6,8H,7,12H2,1-2H3,(H,13,14). The van der Waals surface area contributed by atoms with Gasteiger partial charge in [-0.05, 0) is 18.1 Å². The molecule has 0 saturated heterocycles. The van der Waals surface area contributed by atoms with Crippen molar-refractivity contribution in [3.8, 4) is 0 Å². The highest BCUT2D eigenvalue weighted by molar-refractivity contribution is 5.67. The van der Waals surface area contributed by atoms with E-state index in [1.54, 1.807) is 0 Å². The van der Waals surface area contributed by atoms with Gasteiger partial charge >= 0.3 is 6.09 Å². The van der Waals surface area contributed by atoms with Crippen LogP contribution in [0.3, 0.4) is 0 Å². The van der Waals surface area contributed by atoms with Crippen LogP contribution in [0.2, 0.25) is 0 Å². The van der Waals surface area contributed by atoms with Gasteiger partial charge in [-0.25, -0.2) is 4.79 Å². The van der Waals surface area contributed by atoms with E-state index in [2.05, 4.69) is 10.1 Å². The Hall–Kier alpha value is -1.55. The SMILES string of the molecule is COC(=O)NC(C)c1ccc(CN)cc1. The number of benzene rings is 1. The molecule has 4 nitrogen and oxygen atoms in total. The molecule has 1 unspecified atom stereocenters. The van der Waals surface area contributed by atoms with Crippen LogP contribution in [0.25, 0.3) is 0 Å². The Morgan fingerprint density at radius 3 is 2.53 bits per heavy atom. The van der Waals surface area contributed by atoms with Crippen LogP contribution in [0.15, 0.2) is 24.3 Å². The van der Waals surface area contributed by atoms with Crippen LogP contribution in [0.5, 0.6) is 0 Å². The smallest absolute Gasteiger partial charge is 0.407 e. The van der Waals surface area contributed by atoms with Crippen molar-refractivity contribution in [2.24, 2.45) is 5.73 Å². The predicted octanol–water partition coefficient (Wildman–Crippen LogP) is 1.56. The molecular weight excluding hydrogens is 192 g/mol. The number of carbonyl (C=O) groups excluding carboxylic acids is 1. The van der Waals surface area contributed by atoms with Crippen molar-refractivity contribution in [3.05, 3.63) is 35.4 Å². The van der Waals surface area contributed by atoms with Crippen molar-refractivity contribution in [2.45, 2.75) is 19.5 Å². The highest BCUT2D eigenvalue weighted by atomic mass is 16.5. The molecule has 0 aromatic heterocycles. The first-order valence-corrected chi connectivity index (χ1v) is 4.80. The summed E-state index contributed by atoms with van der Waals surface area (Å²) in [5.74, 6) is 0. The van der Waals surface area contributed by atoms with Gasteiger partial charge in [-0.15, -0.1) is 0 Å². The summed E-state index contributed by atoms with van der Waals surface area (Å²) in [5.41, 5.74) is 7.59. The molecule has 0 aliphatic carbocycles. The van der Waals surface area contributed by atoms with E-state index in [0.29, 0.717) is 6.54 Å². The molecule has 0 radical (unpaired) electrons. The molecule has 0 fully saturated rings. The molecule has 1 amide bonds. The molecular formula is C11H16N2O2. The third-order valence-corrected chi connectivity index (χ3v) is 2.24. The van der Waals surface area contributed by atoms with Crippen LogP contribution in [0.1, 0.15) is 24.1 Å². The second-order valence-corrected chi connectivity index (χ2v) is 3.30. The molecule has 0 heterocycles. The average molecular weight is 208 g/mol. The zero-order valence-corrected chi connectivity index (χ0v) is 8.99. The lowest BCUT2D eigenvalue weighted by atomic mass is 10.1. The number of hydrogen-bond acceptors (Lipinski definition) is 3. The van der Waals surface area contributed by atoms with E-state index in [0.717, 1.165) is 11.1 Å². The molecule has 4 heteroatoms. The summed E-state index contributed by atoms with van der Waals surface area (Å²) >= 11 is 0. The Morgan fingerprint density at radius 2 is 2.07 bits per heavy atom. The highest BCUT2D eigenvalue weighted by Gasteiger charge is 2.08. The number of rotatable bonds is 3. The number of amides is 1. The van der Waals surface area contributed by atoms with Gasteiger partial charge in [-0.2, -0.15) is 0 Å². The Morgan fingerprint density at radius 1 is 1.47 bits per heavy atom. The number of methoxy groups -OCH3 is 1. The van der Waals surface area contributed by atoms with Gasteiger partial charge in [0, 0.05) is 6.54 Å². The lowest BCUT2D eigenvalue weighted by Gasteiger charge is -2.13. The number of nitrogens with one attached hydrogen (secondary N) is 1. The fourth-order valence-corrected chi connectivity index (χ4v) is 1.26. The molecule has 0 spiro atoms. The monoisotopic (exact) mass is 208 g/mol. The van der Waals surface area contributed by atoms with Crippen molar-refractivity contribution >= 4 is 6.09 Å². The fourth-order valence-electron chi connectivity index (χ4n) is 1.26. The molecule has 3 N–H and O–H groups in total. The maximum absolute atomic E-state index is 11.0. The molecule has 1 aromatic carbocycles. The van der Waals surface area contributed by atoms with Crippen molar-refractivity contribution in [3.63, 3.8) is 0 Å². The minimum Gasteiger partial charge on any atom is -0.453 e. The van der Waals surface area contributed by atoms with Gasteiger partial charge in [-0.1, -0.05) is 24.3 Å². The summed E-state index contributed by atoms with van der Waals surface area (Å²) in [6.07, 6.45) is -0.426. The van der Waals surface area contributed by atoms with Crippen molar-refractivity contribution in [2.75, 3.05) is 7.11 Å². The van der Waals surface area contributed by atoms with Crippen LogP contribution >= 0.6 is 0 Å². The van der Waals surface area contributed by atoms with Crippen molar-refractivity contribution in [1.82, 2.24) is 5.32 Å². The van der Waals surface area contributed by atoms with Gasteiger partial charge in [0.1, 0.15) is 0 Å². The summed E-state index contributed by atoms with van der Waals surface area (Å²) in [6.45, 7) is 2.42. The first-order chi connectivity index (χ1) is 7.17. The van der Waals surface area contributed by atoms with E-state index in [1.165, 1.54) is 7.11 Å². The van der Waals surface area contributed by atoms with Crippen molar-refractivity contribution < 1.29 is 9.53 Å². The third-order valence-electron chi connectivity index (χ3n) is 2.24. The van der Waals surface area contributed by atoms with Gasteiger partial charge in [0.05, 0.1) is 13.2 Å². The second-order valence-electron chi connectivity index (χ2n) is 3.30. The number of carbonyl (C=O) groups is 1. The first kappa shape index (κ1) is 11.5. The molecule has 0 bridgehead atoms. The molecule has 82 valence electrons. The number of alkyl carbamates (subject to hydrolysis) is 1. The van der Waals surface area contributed by atoms with Crippen LogP contribution in [0, 0.1) is 0 Å². The lowest BCUT2D eigenvalue weighted by molar-refractivity contribution is 0.167. The first-order valence-electron chi connectivity index (χ1n) is 4.80. The van der Waals surface area contributed by atoms with Gasteiger partial charge in [0.25, 0.3) is 0 Å². The van der Waals surface area contributed by atoms with E-state index in [9.17, 15) is 4.79 Å². The summed E-state index contributed by atoms with van der Waals surface area (Å²) in [7, 11) is 1.35. The Balaban J connectivity index is 2.65. The maximum Gasteiger partial charge on any atom is 0.407 e. The Kier molecular flexibility index (Phi) is 4.12. The van der Waals surface area contributed by atoms with Crippen LogP contribution in [0.4, 0.5) is 4.79 Å². The normalized spacial score (nSPS) is 11.9. The van der Waals surface area contributed by atoms with E-state index in [1.807, 2.05) is 31.2 Å². The molecule has 1 aromatic rings. The second kappa shape index (κ2) is 5.36. The number of hydrogen-bond donors (Lipinski definition) is 2. The fraction of sp³-hybridized carbons (Fsp3) is 0.364. The van der Waals surface area contributed by atoms with Crippen LogP contribution in [-0.2, 0) is 11.3 Å². The van der Waals surface area contributed by atoms with E-state index >= 15 is 0 Å². The van der Waals surface area contributed by atoms with E-state index in [-0.39, 0.29) is 6.04 Å². The Bertz CT molecular complexity index is 322. The molecule has 0 aliphatic rings. The van der Waals surface area contributed by atoms with E-state index < -0.39 is 6.09 Å². The van der Waals surface area contributed by atoms with Crippen LogP contribution in [-0.4, -0.2) is 13.2 Å². The quantitative estimate of drug-likeness (QED) is 0.792. The topological polar surface area (TPSA) is 64.3 Å². The summed E-state index contributed by atoms with van der Waals surface area (Å²) in [5, 5.41) is 2.69. The maximum atomic E-state index is 11.0. The minimum absolute atomic E-state index is 0.0655. The zero-order valence-electron chi connectivity index (χ0n) is 8.99.